The Hall–Kier alpha value is -1.69. The number of aryl methyl sites for hydroxylation is 1. The summed E-state index contributed by atoms with van der Waals surface area (Å²) in [5.41, 5.74) is 0.709. The molecule has 0 unspecified atom stereocenters. The number of nitro groups is 1. The first-order valence-corrected chi connectivity index (χ1v) is 4.94. The van der Waals surface area contributed by atoms with Crippen molar-refractivity contribution >= 4 is 5.69 Å². The second-order valence-corrected chi connectivity index (χ2v) is 3.11. The minimum atomic E-state index is -0.467. The van der Waals surface area contributed by atoms with Crippen LogP contribution in [-0.4, -0.2) is 30.2 Å². The summed E-state index contributed by atoms with van der Waals surface area (Å²) < 4.78 is 10.2. The van der Waals surface area contributed by atoms with Gasteiger partial charge in [-0.2, -0.15) is 0 Å². The van der Waals surface area contributed by atoms with Crippen LogP contribution in [0, 0.1) is 10.1 Å². The largest absolute Gasteiger partial charge is 0.475 e. The van der Waals surface area contributed by atoms with Gasteiger partial charge in [0.1, 0.15) is 12.8 Å². The number of hydrogen-bond acceptors (Lipinski definition) is 5. The predicted molar refractivity (Wildman–Crippen MR) is 57.6 cm³/mol. The molecule has 16 heavy (non-hydrogen) atoms. The van der Waals surface area contributed by atoms with Crippen molar-refractivity contribution in [2.24, 2.45) is 0 Å². The summed E-state index contributed by atoms with van der Waals surface area (Å²) in [5.74, 6) is 0.435. The molecular weight excluding hydrogens is 212 g/mol. The number of methoxy groups -OCH3 is 1. The van der Waals surface area contributed by atoms with E-state index in [1.54, 1.807) is 7.11 Å². The van der Waals surface area contributed by atoms with Crippen molar-refractivity contribution in [1.82, 2.24) is 4.98 Å². The topological polar surface area (TPSA) is 74.5 Å². The van der Waals surface area contributed by atoms with Gasteiger partial charge in [-0.25, -0.2) is 4.98 Å². The molecule has 0 saturated heterocycles. The lowest BCUT2D eigenvalue weighted by Crippen LogP contribution is -2.07. The number of pyridine rings is 1. The SMILES string of the molecule is CCc1cc([N+](=O)[O-])cnc1OCCOC. The molecule has 0 aliphatic heterocycles. The van der Waals surface area contributed by atoms with Crippen molar-refractivity contribution in [3.8, 4) is 5.88 Å². The molecule has 88 valence electrons. The Morgan fingerprint density at radius 3 is 2.81 bits per heavy atom. The third kappa shape index (κ3) is 3.16. The van der Waals surface area contributed by atoms with Crippen molar-refractivity contribution in [1.29, 1.82) is 0 Å². The Bertz CT molecular complexity index is 368. The molecule has 0 bridgehead atoms. The van der Waals surface area contributed by atoms with Crippen LogP contribution in [0.25, 0.3) is 0 Å². The summed E-state index contributed by atoms with van der Waals surface area (Å²) in [6, 6.07) is 1.48. The molecule has 0 aliphatic rings. The first-order chi connectivity index (χ1) is 7.69. The summed E-state index contributed by atoms with van der Waals surface area (Å²) in [7, 11) is 1.58. The molecule has 0 radical (unpaired) electrons. The van der Waals surface area contributed by atoms with Crippen LogP contribution in [0.2, 0.25) is 0 Å². The van der Waals surface area contributed by atoms with Gasteiger partial charge in [0.15, 0.2) is 0 Å². The van der Waals surface area contributed by atoms with Crippen LogP contribution in [0.1, 0.15) is 12.5 Å². The van der Waals surface area contributed by atoms with Gasteiger partial charge in [0.2, 0.25) is 5.88 Å². The van der Waals surface area contributed by atoms with Crippen LogP contribution in [-0.2, 0) is 11.2 Å². The number of nitrogens with zero attached hydrogens (tertiary/aromatic N) is 2. The van der Waals surface area contributed by atoms with Gasteiger partial charge in [0.25, 0.3) is 5.69 Å². The zero-order valence-corrected chi connectivity index (χ0v) is 9.30. The number of ether oxygens (including phenoxy) is 2. The summed E-state index contributed by atoms with van der Waals surface area (Å²) in [5, 5.41) is 10.5. The Balaban J connectivity index is 2.80. The van der Waals surface area contributed by atoms with Gasteiger partial charge >= 0.3 is 0 Å². The van der Waals surface area contributed by atoms with Crippen LogP contribution in [0.3, 0.4) is 0 Å². The molecule has 0 aliphatic carbocycles. The Kier molecular flexibility index (Phi) is 4.65. The van der Waals surface area contributed by atoms with Crippen LogP contribution >= 0.6 is 0 Å². The second-order valence-electron chi connectivity index (χ2n) is 3.11. The van der Waals surface area contributed by atoms with E-state index in [0.29, 0.717) is 25.5 Å². The molecule has 1 aromatic rings. The third-order valence-corrected chi connectivity index (χ3v) is 2.03. The third-order valence-electron chi connectivity index (χ3n) is 2.03. The molecule has 0 aromatic carbocycles. The zero-order valence-electron chi connectivity index (χ0n) is 9.30. The highest BCUT2D eigenvalue weighted by atomic mass is 16.6. The molecular formula is C10H14N2O4. The molecule has 1 heterocycles. The molecule has 0 amide bonds. The van der Waals surface area contributed by atoms with Crippen LogP contribution in [0.5, 0.6) is 5.88 Å². The van der Waals surface area contributed by atoms with Crippen molar-refractivity contribution < 1.29 is 14.4 Å². The standard InChI is InChI=1S/C10H14N2O4/c1-3-8-6-9(12(13)14)7-11-10(8)16-5-4-15-2/h6-7H,3-5H2,1-2H3. The zero-order chi connectivity index (χ0) is 12.0. The first kappa shape index (κ1) is 12.4. The van der Waals surface area contributed by atoms with Gasteiger partial charge in [0.05, 0.1) is 11.5 Å². The van der Waals surface area contributed by atoms with E-state index in [-0.39, 0.29) is 5.69 Å². The van der Waals surface area contributed by atoms with Crippen molar-refractivity contribution in [3.05, 3.63) is 27.9 Å². The number of aromatic nitrogens is 1. The monoisotopic (exact) mass is 226 g/mol. The summed E-state index contributed by atoms with van der Waals surface area (Å²) in [4.78, 5) is 14.0. The van der Waals surface area contributed by atoms with E-state index in [2.05, 4.69) is 4.98 Å². The Labute approximate surface area is 93.4 Å². The quantitative estimate of drug-likeness (QED) is 0.418. The van der Waals surface area contributed by atoms with Crippen molar-refractivity contribution in [2.45, 2.75) is 13.3 Å². The lowest BCUT2D eigenvalue weighted by Gasteiger charge is -2.08. The molecule has 6 heteroatoms. The van der Waals surface area contributed by atoms with E-state index in [1.807, 2.05) is 6.92 Å². The maximum Gasteiger partial charge on any atom is 0.288 e. The highest BCUT2D eigenvalue weighted by Crippen LogP contribution is 2.21. The second kappa shape index (κ2) is 6.02. The van der Waals surface area contributed by atoms with Crippen molar-refractivity contribution in [3.63, 3.8) is 0 Å². The van der Waals surface area contributed by atoms with Gasteiger partial charge in [-0.1, -0.05) is 6.92 Å². The molecule has 0 fully saturated rings. The highest BCUT2D eigenvalue weighted by molar-refractivity contribution is 5.37. The smallest absolute Gasteiger partial charge is 0.288 e. The highest BCUT2D eigenvalue weighted by Gasteiger charge is 2.11. The maximum atomic E-state index is 10.5. The van der Waals surface area contributed by atoms with Gasteiger partial charge in [-0.15, -0.1) is 0 Å². The first-order valence-electron chi connectivity index (χ1n) is 4.94. The van der Waals surface area contributed by atoms with E-state index >= 15 is 0 Å². The maximum absolute atomic E-state index is 10.5. The van der Waals surface area contributed by atoms with Gasteiger partial charge in [0, 0.05) is 18.7 Å². The number of hydrogen-bond donors (Lipinski definition) is 0. The van der Waals surface area contributed by atoms with Crippen LogP contribution < -0.4 is 4.74 Å². The van der Waals surface area contributed by atoms with E-state index in [1.165, 1.54) is 12.3 Å². The van der Waals surface area contributed by atoms with Gasteiger partial charge < -0.3 is 9.47 Å². The lowest BCUT2D eigenvalue weighted by atomic mass is 10.2. The normalized spacial score (nSPS) is 10.1. The molecule has 0 atom stereocenters. The molecule has 1 rings (SSSR count). The van der Waals surface area contributed by atoms with Gasteiger partial charge in [-0.3, -0.25) is 10.1 Å². The fourth-order valence-corrected chi connectivity index (χ4v) is 1.19. The minimum Gasteiger partial charge on any atom is -0.475 e. The van der Waals surface area contributed by atoms with Crippen molar-refractivity contribution in [2.75, 3.05) is 20.3 Å². The van der Waals surface area contributed by atoms with Crippen LogP contribution in [0.15, 0.2) is 12.3 Å². The van der Waals surface area contributed by atoms with E-state index in [0.717, 1.165) is 5.56 Å². The van der Waals surface area contributed by atoms with Gasteiger partial charge in [-0.05, 0) is 6.42 Å². The molecule has 0 spiro atoms. The van der Waals surface area contributed by atoms with Crippen LogP contribution in [0.4, 0.5) is 5.69 Å². The average Bonchev–Trinajstić information content (AvgIpc) is 2.29. The Morgan fingerprint density at radius 1 is 1.50 bits per heavy atom. The molecule has 0 N–H and O–H groups in total. The molecule has 6 nitrogen and oxygen atoms in total. The minimum absolute atomic E-state index is 0.0176. The molecule has 0 saturated carbocycles. The fraction of sp³-hybridized carbons (Fsp3) is 0.500. The fourth-order valence-electron chi connectivity index (χ4n) is 1.19. The molecule has 1 aromatic heterocycles. The predicted octanol–water partition coefficient (Wildman–Crippen LogP) is 1.58. The summed E-state index contributed by atoms with van der Waals surface area (Å²) in [6.45, 7) is 2.74. The van der Waals surface area contributed by atoms with E-state index in [4.69, 9.17) is 9.47 Å². The van der Waals surface area contributed by atoms with E-state index < -0.39 is 4.92 Å². The average molecular weight is 226 g/mol. The van der Waals surface area contributed by atoms with E-state index in [9.17, 15) is 10.1 Å². The summed E-state index contributed by atoms with van der Waals surface area (Å²) >= 11 is 0. The summed E-state index contributed by atoms with van der Waals surface area (Å²) in [6.07, 6.45) is 1.83. The number of rotatable bonds is 6. The lowest BCUT2D eigenvalue weighted by molar-refractivity contribution is -0.385. The Morgan fingerprint density at radius 2 is 2.25 bits per heavy atom.